The van der Waals surface area contributed by atoms with Gasteiger partial charge in [0.15, 0.2) is 0 Å². The predicted octanol–water partition coefficient (Wildman–Crippen LogP) is 1.91. The number of rotatable bonds is 3. The molecule has 0 aliphatic carbocycles. The molecule has 0 aliphatic heterocycles. The van der Waals surface area contributed by atoms with Crippen molar-refractivity contribution in [2.24, 2.45) is 0 Å². The van der Waals surface area contributed by atoms with Crippen LogP contribution in [-0.2, 0) is 6.54 Å². The van der Waals surface area contributed by atoms with Gasteiger partial charge in [-0.1, -0.05) is 29.5 Å². The summed E-state index contributed by atoms with van der Waals surface area (Å²) >= 11 is 1.08. The van der Waals surface area contributed by atoms with Crippen LogP contribution in [0.15, 0.2) is 52.2 Å². The van der Waals surface area contributed by atoms with E-state index in [0.717, 1.165) is 16.9 Å². The Morgan fingerprint density at radius 2 is 2.00 bits per heavy atom. The van der Waals surface area contributed by atoms with E-state index in [1.54, 1.807) is 37.5 Å². The molecule has 0 spiro atoms. The molecule has 1 aromatic carbocycles. The first-order valence-corrected chi connectivity index (χ1v) is 7.26. The molecular weight excluding hydrogens is 286 g/mol. The van der Waals surface area contributed by atoms with Crippen LogP contribution in [0, 0.1) is 0 Å². The Kier molecular flexibility index (Phi) is 3.53. The zero-order valence-corrected chi connectivity index (χ0v) is 12.2. The Morgan fingerprint density at radius 3 is 2.81 bits per heavy atom. The molecule has 0 saturated heterocycles. The smallest absolute Gasteiger partial charge is 0.310 e. The second-order valence-electron chi connectivity index (χ2n) is 4.52. The zero-order valence-electron chi connectivity index (χ0n) is 11.4. The highest BCUT2D eigenvalue weighted by molar-refractivity contribution is 7.16. The fourth-order valence-electron chi connectivity index (χ4n) is 2.21. The predicted molar refractivity (Wildman–Crippen MR) is 85.2 cm³/mol. The molecule has 0 radical (unpaired) electrons. The second kappa shape index (κ2) is 5.49. The molecule has 2 aromatic heterocycles. The van der Waals surface area contributed by atoms with Crippen molar-refractivity contribution in [3.8, 4) is 0 Å². The van der Waals surface area contributed by atoms with E-state index >= 15 is 0 Å². The van der Waals surface area contributed by atoms with E-state index in [-0.39, 0.29) is 17.0 Å². The van der Waals surface area contributed by atoms with Gasteiger partial charge in [0.25, 0.3) is 5.56 Å². The van der Waals surface area contributed by atoms with Crippen molar-refractivity contribution in [3.63, 3.8) is 0 Å². The van der Waals surface area contributed by atoms with Gasteiger partial charge >= 0.3 is 4.87 Å². The number of nitrogens with one attached hydrogen (secondary N) is 1. The van der Waals surface area contributed by atoms with Crippen LogP contribution in [0.5, 0.6) is 0 Å². The van der Waals surface area contributed by atoms with Gasteiger partial charge in [-0.15, -0.1) is 0 Å². The third kappa shape index (κ3) is 2.45. The average Bonchev–Trinajstić information content (AvgIpc) is 2.52. The minimum Gasteiger partial charge on any atom is -0.373 e. The lowest BCUT2D eigenvalue weighted by Crippen LogP contribution is -2.31. The fourth-order valence-corrected chi connectivity index (χ4v) is 3.07. The van der Waals surface area contributed by atoms with E-state index in [4.69, 9.17) is 0 Å². The van der Waals surface area contributed by atoms with Crippen molar-refractivity contribution in [2.45, 2.75) is 6.54 Å². The number of nitrogens with zero attached hydrogens (tertiary/aromatic N) is 2. The van der Waals surface area contributed by atoms with Gasteiger partial charge in [0.1, 0.15) is 5.82 Å². The van der Waals surface area contributed by atoms with Gasteiger partial charge in [0.2, 0.25) is 0 Å². The van der Waals surface area contributed by atoms with Gasteiger partial charge in [-0.3, -0.25) is 14.2 Å². The molecular formula is C15H13N3O2S. The third-order valence-electron chi connectivity index (χ3n) is 3.24. The standard InChI is InChI=1S/C15H13N3O2S/c1-16-13-10(5-4-8-17-13)9-18-14(19)11-6-2-3-7-12(11)21-15(18)20/h2-8H,9H2,1H3,(H,16,17). The summed E-state index contributed by atoms with van der Waals surface area (Å²) in [6, 6.07) is 10.8. The molecule has 0 fully saturated rings. The first kappa shape index (κ1) is 13.5. The molecule has 2 heterocycles. The molecule has 0 unspecified atom stereocenters. The summed E-state index contributed by atoms with van der Waals surface area (Å²) in [6.07, 6.45) is 1.67. The van der Waals surface area contributed by atoms with Crippen LogP contribution >= 0.6 is 11.3 Å². The summed E-state index contributed by atoms with van der Waals surface area (Å²) in [5, 5.41) is 3.53. The molecule has 3 aromatic rings. The van der Waals surface area contributed by atoms with Gasteiger partial charge in [0, 0.05) is 23.5 Å². The Hall–Kier alpha value is -2.47. The van der Waals surface area contributed by atoms with E-state index in [1.807, 2.05) is 12.1 Å². The van der Waals surface area contributed by atoms with E-state index in [9.17, 15) is 9.59 Å². The van der Waals surface area contributed by atoms with Crippen LogP contribution < -0.4 is 15.7 Å². The van der Waals surface area contributed by atoms with E-state index in [2.05, 4.69) is 10.3 Å². The minimum absolute atomic E-state index is 0.211. The molecule has 1 N–H and O–H groups in total. The summed E-state index contributed by atoms with van der Waals surface area (Å²) < 4.78 is 1.97. The molecule has 0 saturated carbocycles. The van der Waals surface area contributed by atoms with Crippen molar-refractivity contribution < 1.29 is 0 Å². The van der Waals surface area contributed by atoms with Crippen LogP contribution in [0.2, 0.25) is 0 Å². The average molecular weight is 299 g/mol. The van der Waals surface area contributed by atoms with Gasteiger partial charge in [-0.25, -0.2) is 4.98 Å². The second-order valence-corrected chi connectivity index (χ2v) is 5.51. The Bertz CT molecular complexity index is 914. The van der Waals surface area contributed by atoms with Crippen molar-refractivity contribution in [1.29, 1.82) is 0 Å². The number of aromatic nitrogens is 2. The van der Waals surface area contributed by atoms with Crippen LogP contribution in [0.25, 0.3) is 10.1 Å². The molecule has 3 rings (SSSR count). The fraction of sp³-hybridized carbons (Fsp3) is 0.133. The highest BCUT2D eigenvalue weighted by Gasteiger charge is 2.10. The van der Waals surface area contributed by atoms with E-state index in [1.165, 1.54) is 4.57 Å². The molecule has 0 aliphatic rings. The van der Waals surface area contributed by atoms with Crippen LogP contribution in [-0.4, -0.2) is 16.6 Å². The number of hydrogen-bond donors (Lipinski definition) is 1. The summed E-state index contributed by atoms with van der Waals surface area (Å²) in [5.74, 6) is 0.668. The zero-order chi connectivity index (χ0) is 14.8. The summed E-state index contributed by atoms with van der Waals surface area (Å²) in [4.78, 5) is 28.6. The SMILES string of the molecule is CNc1ncccc1Cn1c(=O)sc2ccccc2c1=O. The van der Waals surface area contributed by atoms with Crippen molar-refractivity contribution >= 4 is 27.2 Å². The number of hydrogen-bond acceptors (Lipinski definition) is 5. The van der Waals surface area contributed by atoms with Gasteiger partial charge in [0.05, 0.1) is 11.9 Å². The number of benzene rings is 1. The first-order valence-electron chi connectivity index (χ1n) is 6.45. The lowest BCUT2D eigenvalue weighted by Gasteiger charge is -2.09. The van der Waals surface area contributed by atoms with Gasteiger partial charge < -0.3 is 5.32 Å². The molecule has 0 bridgehead atoms. The normalized spacial score (nSPS) is 10.7. The molecule has 0 amide bonds. The molecule has 6 heteroatoms. The third-order valence-corrected chi connectivity index (χ3v) is 4.21. The monoisotopic (exact) mass is 299 g/mol. The van der Waals surface area contributed by atoms with Crippen molar-refractivity contribution in [2.75, 3.05) is 12.4 Å². The lowest BCUT2D eigenvalue weighted by molar-refractivity contribution is 0.751. The number of anilines is 1. The van der Waals surface area contributed by atoms with Crippen molar-refractivity contribution in [1.82, 2.24) is 9.55 Å². The maximum Gasteiger partial charge on any atom is 0.310 e. The highest BCUT2D eigenvalue weighted by Crippen LogP contribution is 2.14. The molecule has 0 atom stereocenters. The minimum atomic E-state index is -0.264. The van der Waals surface area contributed by atoms with E-state index in [0.29, 0.717) is 15.9 Å². The quantitative estimate of drug-likeness (QED) is 0.802. The topological polar surface area (TPSA) is 64.0 Å². The van der Waals surface area contributed by atoms with E-state index < -0.39 is 0 Å². The number of pyridine rings is 1. The largest absolute Gasteiger partial charge is 0.373 e. The van der Waals surface area contributed by atoms with Gasteiger partial charge in [-0.05, 0) is 18.2 Å². The van der Waals surface area contributed by atoms with Crippen LogP contribution in [0.4, 0.5) is 5.82 Å². The molecule has 5 nitrogen and oxygen atoms in total. The maximum atomic E-state index is 12.5. The highest BCUT2D eigenvalue weighted by atomic mass is 32.1. The number of fused-ring (bicyclic) bond motifs is 1. The summed E-state index contributed by atoms with van der Waals surface area (Å²) in [5.41, 5.74) is 0.543. The van der Waals surface area contributed by atoms with Crippen molar-refractivity contribution in [3.05, 3.63) is 68.2 Å². The Morgan fingerprint density at radius 1 is 1.19 bits per heavy atom. The van der Waals surface area contributed by atoms with Crippen LogP contribution in [0.1, 0.15) is 5.56 Å². The molecule has 21 heavy (non-hydrogen) atoms. The maximum absolute atomic E-state index is 12.5. The van der Waals surface area contributed by atoms with Gasteiger partial charge in [-0.2, -0.15) is 0 Å². The molecule has 106 valence electrons. The summed E-state index contributed by atoms with van der Waals surface area (Å²) in [7, 11) is 1.76. The summed E-state index contributed by atoms with van der Waals surface area (Å²) in [6.45, 7) is 0.211. The Labute approximate surface area is 124 Å². The van der Waals surface area contributed by atoms with Crippen LogP contribution in [0.3, 0.4) is 0 Å². The lowest BCUT2D eigenvalue weighted by atomic mass is 10.2. The first-order chi connectivity index (χ1) is 10.2. The Balaban J connectivity index is 2.17.